The number of carbonyl (C=O) groups excluding carboxylic acids is 1. The highest BCUT2D eigenvalue weighted by molar-refractivity contribution is 6.30. The van der Waals surface area contributed by atoms with Gasteiger partial charge < -0.3 is 15.2 Å². The molecule has 0 unspecified atom stereocenters. The normalized spacial score (nSPS) is 12.6. The molecule has 5 nitrogen and oxygen atoms in total. The SMILES string of the molecule is CC(C)(C)OC(=O)N[C@@H](CC(=O)O)c1cc(F)cc(Cl)c1. The largest absolute Gasteiger partial charge is 0.481 e. The van der Waals surface area contributed by atoms with Crippen molar-refractivity contribution in [2.24, 2.45) is 0 Å². The van der Waals surface area contributed by atoms with Gasteiger partial charge in [-0.2, -0.15) is 0 Å². The Morgan fingerprint density at radius 3 is 2.48 bits per heavy atom. The van der Waals surface area contributed by atoms with Gasteiger partial charge in [0.25, 0.3) is 0 Å². The molecule has 1 atom stereocenters. The molecule has 1 aromatic rings. The minimum absolute atomic E-state index is 0.117. The van der Waals surface area contributed by atoms with Gasteiger partial charge in [0.05, 0.1) is 12.5 Å². The molecule has 0 aliphatic carbocycles. The van der Waals surface area contributed by atoms with Crippen molar-refractivity contribution in [3.63, 3.8) is 0 Å². The van der Waals surface area contributed by atoms with E-state index in [-0.39, 0.29) is 10.6 Å². The fraction of sp³-hybridized carbons (Fsp3) is 0.429. The molecule has 7 heteroatoms. The summed E-state index contributed by atoms with van der Waals surface area (Å²) in [5.41, 5.74) is -0.467. The molecule has 0 bridgehead atoms. The molecule has 0 fully saturated rings. The quantitative estimate of drug-likeness (QED) is 0.891. The number of hydrogen-bond acceptors (Lipinski definition) is 3. The summed E-state index contributed by atoms with van der Waals surface area (Å²) in [6.45, 7) is 5.04. The van der Waals surface area contributed by atoms with Crippen LogP contribution in [-0.2, 0) is 9.53 Å². The molecule has 0 spiro atoms. The van der Waals surface area contributed by atoms with E-state index >= 15 is 0 Å². The molecule has 0 aliphatic heterocycles. The number of carboxylic acids is 1. The standard InChI is InChI=1S/C14H17ClFNO4/c1-14(2,3)21-13(20)17-11(7-12(18)19)8-4-9(15)6-10(16)5-8/h4-6,11H,7H2,1-3H3,(H,17,20)(H,18,19)/t11-/m0/s1. The van der Waals surface area contributed by atoms with Crippen molar-refractivity contribution in [1.29, 1.82) is 0 Å². The predicted molar refractivity (Wildman–Crippen MR) is 75.8 cm³/mol. The third kappa shape index (κ3) is 6.44. The summed E-state index contributed by atoms with van der Waals surface area (Å²) < 4.78 is 18.4. The molecule has 0 aliphatic rings. The van der Waals surface area contributed by atoms with Crippen molar-refractivity contribution in [2.45, 2.75) is 38.8 Å². The molecular weight excluding hydrogens is 301 g/mol. The summed E-state index contributed by atoms with van der Waals surface area (Å²) in [7, 11) is 0. The van der Waals surface area contributed by atoms with Crippen molar-refractivity contribution < 1.29 is 23.8 Å². The highest BCUT2D eigenvalue weighted by atomic mass is 35.5. The number of ether oxygens (including phenoxy) is 1. The van der Waals surface area contributed by atoms with Gasteiger partial charge in [0.1, 0.15) is 11.4 Å². The van der Waals surface area contributed by atoms with E-state index in [0.717, 1.165) is 12.1 Å². The highest BCUT2D eigenvalue weighted by Crippen LogP contribution is 2.23. The second-order valence-corrected chi connectivity index (χ2v) is 5.94. The van der Waals surface area contributed by atoms with Crippen molar-refractivity contribution in [1.82, 2.24) is 5.32 Å². The molecule has 1 aromatic carbocycles. The van der Waals surface area contributed by atoms with Crippen LogP contribution in [-0.4, -0.2) is 22.8 Å². The number of rotatable bonds is 4. The van der Waals surface area contributed by atoms with Crippen LogP contribution < -0.4 is 5.32 Å². The lowest BCUT2D eigenvalue weighted by Gasteiger charge is -2.23. The molecule has 1 amide bonds. The zero-order valence-corrected chi connectivity index (χ0v) is 12.7. The topological polar surface area (TPSA) is 75.6 Å². The summed E-state index contributed by atoms with van der Waals surface area (Å²) in [4.78, 5) is 22.6. The molecule has 0 heterocycles. The molecule has 0 saturated heterocycles. The lowest BCUT2D eigenvalue weighted by molar-refractivity contribution is -0.137. The van der Waals surface area contributed by atoms with Gasteiger partial charge in [-0.25, -0.2) is 9.18 Å². The van der Waals surface area contributed by atoms with Gasteiger partial charge >= 0.3 is 12.1 Å². The Hall–Kier alpha value is -1.82. The second-order valence-electron chi connectivity index (χ2n) is 5.50. The van der Waals surface area contributed by atoms with Gasteiger partial charge in [-0.05, 0) is 44.5 Å². The molecule has 1 rings (SSSR count). The third-order valence-corrected chi connectivity index (χ3v) is 2.58. The number of nitrogens with one attached hydrogen (secondary N) is 1. The minimum Gasteiger partial charge on any atom is -0.481 e. The summed E-state index contributed by atoms with van der Waals surface area (Å²) in [6, 6.07) is 2.67. The van der Waals surface area contributed by atoms with E-state index in [1.54, 1.807) is 20.8 Å². The van der Waals surface area contributed by atoms with Crippen LogP contribution in [0.15, 0.2) is 18.2 Å². The van der Waals surface area contributed by atoms with E-state index in [1.807, 2.05) is 0 Å². The van der Waals surface area contributed by atoms with Crippen molar-refractivity contribution in [3.8, 4) is 0 Å². The Morgan fingerprint density at radius 2 is 2.00 bits per heavy atom. The summed E-state index contributed by atoms with van der Waals surface area (Å²) in [5, 5.41) is 11.4. The number of carbonyl (C=O) groups is 2. The first-order valence-corrected chi connectivity index (χ1v) is 6.62. The predicted octanol–water partition coefficient (Wildman–Crippen LogP) is 3.52. The Morgan fingerprint density at radius 1 is 1.38 bits per heavy atom. The highest BCUT2D eigenvalue weighted by Gasteiger charge is 2.23. The maximum absolute atomic E-state index is 13.4. The number of carboxylic acid groups (broad SMARTS) is 1. The van der Waals surface area contributed by atoms with Gasteiger partial charge in [0.2, 0.25) is 0 Å². The van der Waals surface area contributed by atoms with Crippen LogP contribution in [0.5, 0.6) is 0 Å². The Kier molecular flexibility index (Phi) is 5.54. The van der Waals surface area contributed by atoms with E-state index < -0.39 is 35.9 Å². The maximum Gasteiger partial charge on any atom is 0.408 e. The zero-order valence-electron chi connectivity index (χ0n) is 11.9. The van der Waals surface area contributed by atoms with Crippen molar-refractivity contribution in [3.05, 3.63) is 34.6 Å². The van der Waals surface area contributed by atoms with Crippen LogP contribution in [0.3, 0.4) is 0 Å². The summed E-state index contributed by atoms with van der Waals surface area (Å²) in [6.07, 6.45) is -1.20. The number of amides is 1. The number of benzene rings is 1. The van der Waals surface area contributed by atoms with Gasteiger partial charge in [0, 0.05) is 5.02 Å². The van der Waals surface area contributed by atoms with Crippen molar-refractivity contribution in [2.75, 3.05) is 0 Å². The molecule has 21 heavy (non-hydrogen) atoms. The Balaban J connectivity index is 2.95. The van der Waals surface area contributed by atoms with Crippen LogP contribution in [0.25, 0.3) is 0 Å². The lowest BCUT2D eigenvalue weighted by Crippen LogP contribution is -2.35. The van der Waals surface area contributed by atoms with Gasteiger partial charge in [-0.3, -0.25) is 4.79 Å². The van der Waals surface area contributed by atoms with E-state index in [4.69, 9.17) is 21.4 Å². The van der Waals surface area contributed by atoms with Gasteiger partial charge in [-0.15, -0.1) is 0 Å². The smallest absolute Gasteiger partial charge is 0.408 e. The van der Waals surface area contributed by atoms with E-state index in [2.05, 4.69) is 5.32 Å². The lowest BCUT2D eigenvalue weighted by atomic mass is 10.0. The third-order valence-electron chi connectivity index (χ3n) is 2.36. The monoisotopic (exact) mass is 317 g/mol. The molecule has 0 saturated carbocycles. The Labute approximate surface area is 127 Å². The van der Waals surface area contributed by atoms with Crippen LogP contribution in [0.4, 0.5) is 9.18 Å². The van der Waals surface area contributed by atoms with Gasteiger partial charge in [-0.1, -0.05) is 11.6 Å². The zero-order chi connectivity index (χ0) is 16.2. The number of alkyl carbamates (subject to hydrolysis) is 1. The maximum atomic E-state index is 13.4. The van der Waals surface area contributed by atoms with Gasteiger partial charge in [0.15, 0.2) is 0 Å². The fourth-order valence-corrected chi connectivity index (χ4v) is 1.88. The average Bonchev–Trinajstić information content (AvgIpc) is 2.23. The fourth-order valence-electron chi connectivity index (χ4n) is 1.65. The Bertz CT molecular complexity index is 522. The number of hydrogen-bond donors (Lipinski definition) is 2. The summed E-state index contributed by atoms with van der Waals surface area (Å²) >= 11 is 5.74. The number of aliphatic carboxylic acids is 1. The van der Waals surface area contributed by atoms with Crippen molar-refractivity contribution >= 4 is 23.7 Å². The second kappa shape index (κ2) is 6.76. The van der Waals surface area contributed by atoms with E-state index in [1.165, 1.54) is 6.07 Å². The van der Waals surface area contributed by atoms with Crippen LogP contribution in [0.2, 0.25) is 5.02 Å². The van der Waals surface area contributed by atoms with E-state index in [0.29, 0.717) is 0 Å². The minimum atomic E-state index is -1.14. The number of halogens is 2. The van der Waals surface area contributed by atoms with E-state index in [9.17, 15) is 14.0 Å². The molecular formula is C14H17ClFNO4. The molecule has 0 radical (unpaired) electrons. The van der Waals surface area contributed by atoms with Crippen LogP contribution in [0, 0.1) is 5.82 Å². The first-order chi connectivity index (χ1) is 9.56. The molecule has 2 N–H and O–H groups in total. The van der Waals surface area contributed by atoms with Crippen LogP contribution >= 0.6 is 11.6 Å². The average molecular weight is 318 g/mol. The first-order valence-electron chi connectivity index (χ1n) is 6.24. The molecule has 116 valence electrons. The first kappa shape index (κ1) is 17.2. The molecule has 0 aromatic heterocycles. The van der Waals surface area contributed by atoms with Crippen LogP contribution in [0.1, 0.15) is 38.8 Å². The summed E-state index contributed by atoms with van der Waals surface area (Å²) in [5.74, 6) is -1.75.